The molecule has 1 aromatic rings. The van der Waals surface area contributed by atoms with Crippen LogP contribution in [0.1, 0.15) is 44.1 Å². The Labute approximate surface area is 165 Å². The highest BCUT2D eigenvalue weighted by Crippen LogP contribution is 2.32. The SMILES string of the molecule is N=C(N)CCCCCOc1ccc2c(c1)CCC(CC(=O)OC(=O)C(F)(F)F)O2. The Balaban J connectivity index is 1.77. The molecule has 160 valence electrons. The number of rotatable bonds is 9. The highest BCUT2D eigenvalue weighted by Gasteiger charge is 2.42. The summed E-state index contributed by atoms with van der Waals surface area (Å²) in [4.78, 5) is 22.2. The molecule has 1 aliphatic rings. The van der Waals surface area contributed by atoms with Crippen molar-refractivity contribution >= 4 is 17.8 Å². The molecule has 0 bridgehead atoms. The van der Waals surface area contributed by atoms with Crippen LogP contribution in [0, 0.1) is 5.41 Å². The number of unbranched alkanes of at least 4 members (excludes halogenated alkanes) is 2. The van der Waals surface area contributed by atoms with Gasteiger partial charge >= 0.3 is 18.1 Å². The lowest BCUT2D eigenvalue weighted by atomic mass is 10.0. The van der Waals surface area contributed by atoms with Gasteiger partial charge in [0.25, 0.3) is 0 Å². The number of halogens is 3. The summed E-state index contributed by atoms with van der Waals surface area (Å²) in [5.74, 6) is -2.43. The molecule has 0 spiro atoms. The van der Waals surface area contributed by atoms with Gasteiger partial charge in [0.1, 0.15) is 17.6 Å². The molecule has 0 fully saturated rings. The first kappa shape index (κ1) is 22.5. The molecule has 0 aromatic heterocycles. The molecule has 1 atom stereocenters. The second-order valence-electron chi connectivity index (χ2n) is 6.70. The lowest BCUT2D eigenvalue weighted by molar-refractivity contribution is -0.202. The summed E-state index contributed by atoms with van der Waals surface area (Å²) in [6.07, 6.45) is -2.20. The number of esters is 2. The van der Waals surface area contributed by atoms with E-state index >= 15 is 0 Å². The molecule has 1 aliphatic heterocycles. The first-order valence-corrected chi connectivity index (χ1v) is 9.22. The maximum atomic E-state index is 12.1. The zero-order valence-corrected chi connectivity index (χ0v) is 15.7. The van der Waals surface area contributed by atoms with Crippen molar-refractivity contribution in [1.82, 2.24) is 0 Å². The minimum absolute atomic E-state index is 0.180. The fourth-order valence-corrected chi connectivity index (χ4v) is 2.83. The van der Waals surface area contributed by atoms with Crippen LogP contribution in [-0.2, 0) is 20.7 Å². The second-order valence-corrected chi connectivity index (χ2v) is 6.70. The van der Waals surface area contributed by atoms with Crippen LogP contribution >= 0.6 is 0 Å². The largest absolute Gasteiger partial charge is 0.494 e. The summed E-state index contributed by atoms with van der Waals surface area (Å²) in [6.45, 7) is 0.527. The standard InChI is InChI=1S/C19H23F3N2O5/c20-19(21,22)18(26)29-17(25)11-14-6-5-12-10-13(7-8-15(12)28-14)27-9-3-1-2-4-16(23)24/h7-8,10,14H,1-6,9,11H2,(H3,23,24). The van der Waals surface area contributed by atoms with Gasteiger partial charge < -0.3 is 19.9 Å². The number of benzene rings is 1. The Kier molecular flexibility index (Phi) is 7.86. The Bertz CT molecular complexity index is 752. The number of nitrogens with one attached hydrogen (secondary N) is 1. The third-order valence-corrected chi connectivity index (χ3v) is 4.25. The van der Waals surface area contributed by atoms with Gasteiger partial charge in [-0.2, -0.15) is 13.2 Å². The summed E-state index contributed by atoms with van der Waals surface area (Å²) < 4.78 is 51.5. The third kappa shape index (κ3) is 7.63. The minimum atomic E-state index is -5.21. The van der Waals surface area contributed by atoms with Gasteiger partial charge in [0.2, 0.25) is 0 Å². The van der Waals surface area contributed by atoms with E-state index in [1.54, 1.807) is 12.1 Å². The van der Waals surface area contributed by atoms with E-state index in [0.717, 1.165) is 24.8 Å². The lowest BCUT2D eigenvalue weighted by Gasteiger charge is -2.25. The fraction of sp³-hybridized carbons (Fsp3) is 0.526. The van der Waals surface area contributed by atoms with Gasteiger partial charge in [0.05, 0.1) is 18.9 Å². The predicted octanol–water partition coefficient (Wildman–Crippen LogP) is 3.28. The first-order valence-electron chi connectivity index (χ1n) is 9.22. The molecule has 1 aromatic carbocycles. The molecule has 7 nitrogen and oxygen atoms in total. The predicted molar refractivity (Wildman–Crippen MR) is 96.8 cm³/mol. The van der Waals surface area contributed by atoms with Crippen LogP contribution in [0.3, 0.4) is 0 Å². The molecule has 0 saturated heterocycles. The van der Waals surface area contributed by atoms with Crippen LogP contribution in [0.2, 0.25) is 0 Å². The van der Waals surface area contributed by atoms with Crippen LogP contribution < -0.4 is 15.2 Å². The molecular formula is C19H23F3N2O5. The molecule has 29 heavy (non-hydrogen) atoms. The maximum Gasteiger partial charge on any atom is 0.491 e. The third-order valence-electron chi connectivity index (χ3n) is 4.25. The number of hydrogen-bond acceptors (Lipinski definition) is 6. The van der Waals surface area contributed by atoms with Crippen molar-refractivity contribution in [2.24, 2.45) is 5.73 Å². The number of amidine groups is 1. The van der Waals surface area contributed by atoms with Gasteiger partial charge in [-0.25, -0.2) is 4.79 Å². The summed E-state index contributed by atoms with van der Waals surface area (Å²) in [7, 11) is 0. The molecule has 0 radical (unpaired) electrons. The van der Waals surface area contributed by atoms with E-state index in [0.29, 0.717) is 37.4 Å². The quantitative estimate of drug-likeness (QED) is 0.210. The second kappa shape index (κ2) is 10.1. The molecule has 0 amide bonds. The normalized spacial score (nSPS) is 15.8. The summed E-state index contributed by atoms with van der Waals surface area (Å²) in [5.41, 5.74) is 6.16. The number of fused-ring (bicyclic) bond motifs is 1. The molecule has 1 unspecified atom stereocenters. The van der Waals surface area contributed by atoms with Crippen LogP contribution in [0.5, 0.6) is 11.5 Å². The van der Waals surface area contributed by atoms with E-state index < -0.39 is 30.6 Å². The van der Waals surface area contributed by atoms with Gasteiger partial charge in [0.15, 0.2) is 0 Å². The first-order chi connectivity index (χ1) is 13.6. The molecule has 0 saturated carbocycles. The zero-order valence-electron chi connectivity index (χ0n) is 15.7. The Morgan fingerprint density at radius 1 is 1.24 bits per heavy atom. The minimum Gasteiger partial charge on any atom is -0.494 e. The number of nitrogens with two attached hydrogens (primary N) is 1. The maximum absolute atomic E-state index is 12.1. The van der Waals surface area contributed by atoms with Crippen molar-refractivity contribution in [1.29, 1.82) is 5.41 Å². The molecule has 0 aliphatic carbocycles. The Morgan fingerprint density at radius 3 is 2.69 bits per heavy atom. The number of carbonyl (C=O) groups is 2. The highest BCUT2D eigenvalue weighted by atomic mass is 19.4. The summed E-state index contributed by atoms with van der Waals surface area (Å²) in [5, 5.41) is 7.15. The average Bonchev–Trinajstić information content (AvgIpc) is 2.63. The van der Waals surface area contributed by atoms with E-state index in [1.165, 1.54) is 0 Å². The van der Waals surface area contributed by atoms with Gasteiger partial charge in [-0.3, -0.25) is 10.2 Å². The van der Waals surface area contributed by atoms with Crippen LogP contribution in [0.25, 0.3) is 0 Å². The van der Waals surface area contributed by atoms with Crippen molar-refractivity contribution < 1.29 is 37.0 Å². The topological polar surface area (TPSA) is 112 Å². The number of alkyl halides is 3. The van der Waals surface area contributed by atoms with Gasteiger partial charge in [-0.15, -0.1) is 0 Å². The highest BCUT2D eigenvalue weighted by molar-refractivity contribution is 5.88. The van der Waals surface area contributed by atoms with Crippen molar-refractivity contribution in [2.75, 3.05) is 6.61 Å². The number of hydrogen-bond donors (Lipinski definition) is 2. The van der Waals surface area contributed by atoms with Crippen molar-refractivity contribution in [3.05, 3.63) is 23.8 Å². The zero-order chi connectivity index (χ0) is 21.4. The molecular weight excluding hydrogens is 393 g/mol. The average molecular weight is 416 g/mol. The van der Waals surface area contributed by atoms with E-state index in [1.807, 2.05) is 6.07 Å². The van der Waals surface area contributed by atoms with Crippen LogP contribution in [0.4, 0.5) is 13.2 Å². The Hall–Kier alpha value is -2.78. The monoisotopic (exact) mass is 416 g/mol. The summed E-state index contributed by atoms with van der Waals surface area (Å²) in [6, 6.07) is 5.22. The van der Waals surface area contributed by atoms with Crippen molar-refractivity contribution in [2.45, 2.75) is 57.2 Å². The van der Waals surface area contributed by atoms with Gasteiger partial charge in [0, 0.05) is 6.42 Å². The Morgan fingerprint density at radius 2 is 2.00 bits per heavy atom. The number of aryl methyl sites for hydroxylation is 1. The van der Waals surface area contributed by atoms with E-state index in [4.69, 9.17) is 20.6 Å². The van der Waals surface area contributed by atoms with Gasteiger partial charge in [-0.05, 0) is 55.9 Å². The molecule has 3 N–H and O–H groups in total. The van der Waals surface area contributed by atoms with E-state index in [2.05, 4.69) is 4.74 Å². The fourth-order valence-electron chi connectivity index (χ4n) is 2.83. The van der Waals surface area contributed by atoms with Crippen molar-refractivity contribution in [3.63, 3.8) is 0 Å². The summed E-state index contributed by atoms with van der Waals surface area (Å²) >= 11 is 0. The number of ether oxygens (including phenoxy) is 3. The molecule has 10 heteroatoms. The van der Waals surface area contributed by atoms with E-state index in [9.17, 15) is 22.8 Å². The molecule has 2 rings (SSSR count). The van der Waals surface area contributed by atoms with Crippen molar-refractivity contribution in [3.8, 4) is 11.5 Å². The molecule has 1 heterocycles. The van der Waals surface area contributed by atoms with Gasteiger partial charge in [-0.1, -0.05) is 0 Å². The van der Waals surface area contributed by atoms with Crippen LogP contribution in [0.15, 0.2) is 18.2 Å². The van der Waals surface area contributed by atoms with E-state index in [-0.39, 0.29) is 5.84 Å². The lowest BCUT2D eigenvalue weighted by Crippen LogP contribution is -2.31. The smallest absolute Gasteiger partial charge is 0.491 e. The number of carbonyl (C=O) groups excluding carboxylic acids is 2. The van der Waals surface area contributed by atoms with Crippen LogP contribution in [-0.4, -0.2) is 36.7 Å².